The molecule has 1 aliphatic heterocycles. The first-order chi connectivity index (χ1) is 10.8. The van der Waals surface area contributed by atoms with Gasteiger partial charge in [-0.25, -0.2) is 9.98 Å². The minimum absolute atomic E-state index is 0.233. The van der Waals surface area contributed by atoms with E-state index in [9.17, 15) is 0 Å². The lowest BCUT2D eigenvalue weighted by Gasteiger charge is -2.26. The molecule has 0 atom stereocenters. The van der Waals surface area contributed by atoms with Crippen LogP contribution in [0.2, 0.25) is 0 Å². The molecule has 1 aromatic heterocycles. The number of morpholine rings is 1. The Morgan fingerprint density at radius 2 is 2.05 bits per heavy atom. The monoisotopic (exact) mass is 336 g/mol. The van der Waals surface area contributed by atoms with Crippen molar-refractivity contribution in [2.75, 3.05) is 37.1 Å². The van der Waals surface area contributed by atoms with Gasteiger partial charge in [-0.05, 0) is 12.1 Å². The number of hydrogen-bond acceptors (Lipinski definition) is 5. The topological polar surface area (TPSA) is 63.7 Å². The third kappa shape index (κ3) is 3.58. The van der Waals surface area contributed by atoms with Crippen LogP contribution in [0.25, 0.3) is 11.3 Å². The summed E-state index contributed by atoms with van der Waals surface area (Å²) in [7, 11) is 0. The van der Waals surface area contributed by atoms with E-state index in [0.29, 0.717) is 5.84 Å². The number of ether oxygens (including phenoxy) is 1. The number of aromatic nitrogens is 1. The zero-order valence-corrected chi connectivity index (χ0v) is 13.6. The van der Waals surface area contributed by atoms with Gasteiger partial charge in [-0.3, -0.25) is 0 Å². The van der Waals surface area contributed by atoms with Gasteiger partial charge < -0.3 is 15.4 Å². The molecule has 7 heteroatoms. The first-order valence-electron chi connectivity index (χ1n) is 7.04. The maximum absolute atomic E-state index is 5.63. The van der Waals surface area contributed by atoms with Gasteiger partial charge in [0.05, 0.1) is 30.5 Å². The number of amidine groups is 1. The van der Waals surface area contributed by atoms with Gasteiger partial charge in [0.25, 0.3) is 0 Å². The Morgan fingerprint density at radius 3 is 2.73 bits per heavy atom. The van der Waals surface area contributed by atoms with Crippen molar-refractivity contribution in [3.8, 4) is 11.3 Å². The van der Waals surface area contributed by atoms with E-state index >= 15 is 0 Å². The summed E-state index contributed by atoms with van der Waals surface area (Å²) in [6.07, 6.45) is 0. The Hall–Kier alpha value is -1.63. The second-order valence-electron chi connectivity index (χ2n) is 4.90. The lowest BCUT2D eigenvalue weighted by molar-refractivity contribution is 0.122. The normalized spacial score (nSPS) is 16.0. The van der Waals surface area contributed by atoms with E-state index in [1.54, 1.807) is 11.3 Å². The van der Waals surface area contributed by atoms with Gasteiger partial charge in [-0.1, -0.05) is 12.1 Å². The van der Waals surface area contributed by atoms with Crippen LogP contribution in [0.1, 0.15) is 0 Å². The molecule has 2 N–H and O–H groups in total. The Balaban J connectivity index is 1.75. The van der Waals surface area contributed by atoms with Gasteiger partial charge in [-0.15, -0.1) is 22.9 Å². The maximum atomic E-state index is 5.63. The molecule has 0 unspecified atom stereocenters. The first kappa shape index (κ1) is 15.3. The number of benzene rings is 1. The average molecular weight is 337 g/mol. The van der Waals surface area contributed by atoms with Gasteiger partial charge in [-0.2, -0.15) is 0 Å². The number of alkyl halides is 1. The quantitative estimate of drug-likeness (QED) is 0.529. The van der Waals surface area contributed by atoms with Crippen molar-refractivity contribution in [3.05, 3.63) is 29.6 Å². The molecule has 1 saturated heterocycles. The highest BCUT2D eigenvalue weighted by Gasteiger charge is 2.15. The molecule has 0 saturated carbocycles. The fraction of sp³-hybridized carbons (Fsp3) is 0.333. The van der Waals surface area contributed by atoms with Crippen molar-refractivity contribution in [2.24, 2.45) is 10.7 Å². The number of anilines is 1. The summed E-state index contributed by atoms with van der Waals surface area (Å²) in [5, 5.41) is 3.13. The van der Waals surface area contributed by atoms with Gasteiger partial charge in [0.2, 0.25) is 0 Å². The summed E-state index contributed by atoms with van der Waals surface area (Å²) in [6, 6.07) is 7.84. The highest BCUT2D eigenvalue weighted by molar-refractivity contribution is 7.14. The minimum atomic E-state index is 0.233. The van der Waals surface area contributed by atoms with Crippen LogP contribution in [-0.4, -0.2) is 43.0 Å². The molecule has 1 aromatic carbocycles. The second kappa shape index (κ2) is 7.09. The Morgan fingerprint density at radius 1 is 1.32 bits per heavy atom. The van der Waals surface area contributed by atoms with Crippen molar-refractivity contribution in [1.82, 2.24) is 4.98 Å². The molecule has 0 amide bonds. The van der Waals surface area contributed by atoms with Crippen molar-refractivity contribution in [1.29, 1.82) is 0 Å². The number of rotatable bonds is 4. The molecule has 5 nitrogen and oxygen atoms in total. The summed E-state index contributed by atoms with van der Waals surface area (Å²) < 4.78 is 5.37. The van der Waals surface area contributed by atoms with Crippen LogP contribution in [0.3, 0.4) is 0 Å². The molecule has 2 aromatic rings. The van der Waals surface area contributed by atoms with Crippen LogP contribution in [0.15, 0.2) is 34.6 Å². The van der Waals surface area contributed by atoms with Crippen LogP contribution in [0.4, 0.5) is 10.8 Å². The summed E-state index contributed by atoms with van der Waals surface area (Å²) in [4.78, 5) is 11.2. The zero-order chi connectivity index (χ0) is 15.4. The van der Waals surface area contributed by atoms with Crippen molar-refractivity contribution in [2.45, 2.75) is 0 Å². The second-order valence-corrected chi connectivity index (χ2v) is 6.00. The van der Waals surface area contributed by atoms with Gasteiger partial charge in [0, 0.05) is 24.0 Å². The number of halogens is 1. The number of aliphatic imine (C=N–C) groups is 1. The van der Waals surface area contributed by atoms with Crippen LogP contribution < -0.4 is 10.6 Å². The standard InChI is InChI=1S/C15H17ClN4OS/c16-9-14(17)18-12-3-1-11(2-4-12)13-10-22-15(19-13)20-5-7-21-8-6-20/h1-4,10H,5-9H2,(H2,17,18). The van der Waals surface area contributed by atoms with E-state index in [4.69, 9.17) is 27.1 Å². The third-order valence-electron chi connectivity index (χ3n) is 3.35. The van der Waals surface area contributed by atoms with Crippen LogP contribution in [-0.2, 0) is 4.74 Å². The van der Waals surface area contributed by atoms with E-state index < -0.39 is 0 Å². The molecule has 0 radical (unpaired) electrons. The zero-order valence-electron chi connectivity index (χ0n) is 12.0. The van der Waals surface area contributed by atoms with E-state index in [1.165, 1.54) is 0 Å². The molecule has 1 fully saturated rings. The molecule has 1 aliphatic rings. The van der Waals surface area contributed by atoms with Gasteiger partial charge in [0.15, 0.2) is 5.13 Å². The fourth-order valence-electron chi connectivity index (χ4n) is 2.20. The summed E-state index contributed by atoms with van der Waals surface area (Å²) in [5.41, 5.74) is 8.48. The fourth-order valence-corrected chi connectivity index (χ4v) is 3.15. The van der Waals surface area contributed by atoms with Crippen LogP contribution in [0.5, 0.6) is 0 Å². The highest BCUT2D eigenvalue weighted by atomic mass is 35.5. The van der Waals surface area contributed by atoms with E-state index in [0.717, 1.165) is 48.4 Å². The Labute approximate surface area is 138 Å². The molecular formula is C15H17ClN4OS. The molecule has 2 heterocycles. The lowest BCUT2D eigenvalue weighted by atomic mass is 10.1. The van der Waals surface area contributed by atoms with E-state index in [-0.39, 0.29) is 5.88 Å². The van der Waals surface area contributed by atoms with E-state index in [1.807, 2.05) is 24.3 Å². The molecule has 0 spiro atoms. The molecule has 0 aliphatic carbocycles. The SMILES string of the molecule is NC(CCl)=Nc1ccc(-c2csc(N3CCOCC3)n2)cc1. The number of nitrogens with zero attached hydrogens (tertiary/aromatic N) is 3. The summed E-state index contributed by atoms with van der Waals surface area (Å²) in [5.74, 6) is 0.647. The molecule has 22 heavy (non-hydrogen) atoms. The van der Waals surface area contributed by atoms with Crippen LogP contribution in [0, 0.1) is 0 Å². The summed E-state index contributed by atoms with van der Waals surface area (Å²) in [6.45, 7) is 3.34. The number of nitrogens with two attached hydrogens (primary N) is 1. The largest absolute Gasteiger partial charge is 0.386 e. The highest BCUT2D eigenvalue weighted by Crippen LogP contribution is 2.29. The van der Waals surface area contributed by atoms with Crippen molar-refractivity contribution >= 4 is 39.6 Å². The minimum Gasteiger partial charge on any atom is -0.386 e. The Kier molecular flexibility index (Phi) is 4.92. The smallest absolute Gasteiger partial charge is 0.186 e. The summed E-state index contributed by atoms with van der Waals surface area (Å²) >= 11 is 7.29. The predicted octanol–water partition coefficient (Wildman–Crippen LogP) is 2.87. The van der Waals surface area contributed by atoms with Crippen molar-refractivity contribution < 1.29 is 4.74 Å². The van der Waals surface area contributed by atoms with Gasteiger partial charge in [0.1, 0.15) is 5.84 Å². The molecule has 3 rings (SSSR count). The predicted molar refractivity (Wildman–Crippen MR) is 92.6 cm³/mol. The first-order valence-corrected chi connectivity index (χ1v) is 8.45. The molecule has 116 valence electrons. The lowest BCUT2D eigenvalue weighted by Crippen LogP contribution is -2.36. The molecule has 0 bridgehead atoms. The Bertz CT molecular complexity index is 650. The van der Waals surface area contributed by atoms with E-state index in [2.05, 4.69) is 15.3 Å². The maximum Gasteiger partial charge on any atom is 0.186 e. The van der Waals surface area contributed by atoms with Crippen LogP contribution >= 0.6 is 22.9 Å². The third-order valence-corrected chi connectivity index (χ3v) is 4.52. The molecular weight excluding hydrogens is 320 g/mol. The number of hydrogen-bond donors (Lipinski definition) is 1. The van der Waals surface area contributed by atoms with Gasteiger partial charge >= 0.3 is 0 Å². The average Bonchev–Trinajstić information content (AvgIpc) is 3.06. The van der Waals surface area contributed by atoms with Crippen molar-refractivity contribution in [3.63, 3.8) is 0 Å². The number of thiazole rings is 1.